The van der Waals surface area contributed by atoms with Crippen molar-refractivity contribution < 1.29 is 14.3 Å². The fourth-order valence-electron chi connectivity index (χ4n) is 4.64. The molecule has 0 bridgehead atoms. The number of hydrogen-bond donors (Lipinski definition) is 0. The molecular formula is C26H32ClIN4O3. The van der Waals surface area contributed by atoms with Gasteiger partial charge in [0.2, 0.25) is 0 Å². The molecule has 3 atom stereocenters. The normalized spacial score (nSPS) is 27.5. The van der Waals surface area contributed by atoms with Gasteiger partial charge >= 0.3 is 180 Å². The molecular weight excluding hydrogens is 579 g/mol. The van der Waals surface area contributed by atoms with E-state index in [4.69, 9.17) is 21.1 Å². The van der Waals surface area contributed by atoms with Gasteiger partial charge in [0.05, 0.1) is 0 Å². The molecule has 2 aromatic rings. The molecule has 1 aromatic carbocycles. The van der Waals surface area contributed by atoms with Crippen LogP contribution in [0.25, 0.3) is 5.57 Å². The summed E-state index contributed by atoms with van der Waals surface area (Å²) in [6.45, 7) is 8.62. The van der Waals surface area contributed by atoms with Crippen LogP contribution >= 0.6 is 29.6 Å². The molecule has 1 unspecified atom stereocenters. The Morgan fingerprint density at radius 1 is 1.23 bits per heavy atom. The van der Waals surface area contributed by atoms with Gasteiger partial charge in [-0.1, -0.05) is 0 Å². The quantitative estimate of drug-likeness (QED) is 0.262. The number of hydrogen-bond acceptors (Lipinski definition) is 6. The van der Waals surface area contributed by atoms with Crippen LogP contribution in [0.1, 0.15) is 32.8 Å². The van der Waals surface area contributed by atoms with Crippen LogP contribution in [-0.4, -0.2) is 69.7 Å². The summed E-state index contributed by atoms with van der Waals surface area (Å²) in [6.07, 6.45) is 5.98. The first-order valence-electron chi connectivity index (χ1n) is 11.8. The molecule has 4 heterocycles. The standard InChI is InChI=1S/C26H32ClIN4O3/c1-26(2,3)35-25(33)31-11-9-19(10-12-31)18-5-7-21(8-6-18)34-16-23-22-15-32(17-28(22,23)4)24-29-13-20(27)14-30-24/h5-9,13-14,22-23H,4,10-12,15-17H2,1-3H3/t22-,23-/m0/s1. The van der Waals surface area contributed by atoms with E-state index < -0.39 is 23.6 Å². The molecule has 3 aliphatic rings. The number of ether oxygens (including phenoxy) is 2. The monoisotopic (exact) mass is 610 g/mol. The molecule has 0 spiro atoms. The van der Waals surface area contributed by atoms with Gasteiger partial charge in [0.1, 0.15) is 5.60 Å². The van der Waals surface area contributed by atoms with Crippen LogP contribution in [0.5, 0.6) is 5.75 Å². The first kappa shape index (κ1) is 24.5. The van der Waals surface area contributed by atoms with Gasteiger partial charge in [-0.05, 0) is 20.8 Å². The molecule has 1 amide bonds. The third-order valence-electron chi connectivity index (χ3n) is 6.59. The van der Waals surface area contributed by atoms with Crippen LogP contribution in [0.2, 0.25) is 5.02 Å². The Morgan fingerprint density at radius 3 is 2.51 bits per heavy atom. The van der Waals surface area contributed by atoms with Crippen LogP contribution in [-0.2, 0) is 4.74 Å². The zero-order valence-electron chi connectivity index (χ0n) is 20.4. The molecule has 0 N–H and O–H groups in total. The van der Waals surface area contributed by atoms with Crippen LogP contribution in [0.15, 0.2) is 42.7 Å². The van der Waals surface area contributed by atoms with Crippen molar-refractivity contribution in [1.82, 2.24) is 14.9 Å². The summed E-state index contributed by atoms with van der Waals surface area (Å²) < 4.78 is 18.6. The zero-order chi connectivity index (χ0) is 24.8. The maximum absolute atomic E-state index is 12.3. The number of aromatic nitrogens is 2. The summed E-state index contributed by atoms with van der Waals surface area (Å²) in [6, 6.07) is 8.31. The number of carbonyl (C=O) groups is 1. The van der Waals surface area contributed by atoms with Gasteiger partial charge in [-0.25, -0.2) is 4.79 Å². The number of rotatable bonds is 5. The van der Waals surface area contributed by atoms with Crippen LogP contribution < -0.4 is 9.64 Å². The van der Waals surface area contributed by atoms with E-state index in [-0.39, 0.29) is 6.09 Å². The molecule has 0 saturated carbocycles. The molecule has 3 aliphatic heterocycles. The average molecular weight is 611 g/mol. The Labute approximate surface area is 215 Å². The Kier molecular flexibility index (Phi) is 6.54. The van der Waals surface area contributed by atoms with E-state index in [0.29, 0.717) is 26.0 Å². The SMILES string of the molecule is C=I12CN(c3ncc(Cl)cn3)C[C@H]1[C@@H]2COc1ccc(C2=CCN(C(=O)OC(C)(C)C)CC2)cc1. The van der Waals surface area contributed by atoms with E-state index in [9.17, 15) is 4.79 Å². The van der Waals surface area contributed by atoms with Crippen molar-refractivity contribution in [3.8, 4) is 5.75 Å². The average Bonchev–Trinajstić information content (AvgIpc) is 3.18. The Hall–Kier alpha value is -2.20. The minimum atomic E-state index is -2.07. The van der Waals surface area contributed by atoms with Gasteiger partial charge in [-0.3, -0.25) is 0 Å². The second-order valence-electron chi connectivity index (χ2n) is 10.2. The van der Waals surface area contributed by atoms with E-state index in [1.807, 2.05) is 32.9 Å². The number of alkyl halides is 3. The summed E-state index contributed by atoms with van der Waals surface area (Å²) in [5.41, 5.74) is 1.95. The van der Waals surface area contributed by atoms with Crippen molar-refractivity contribution >= 4 is 51.7 Å². The molecule has 1 aromatic heterocycles. The van der Waals surface area contributed by atoms with Crippen LogP contribution in [0.4, 0.5) is 10.7 Å². The molecule has 0 aliphatic carbocycles. The molecule has 35 heavy (non-hydrogen) atoms. The van der Waals surface area contributed by atoms with Gasteiger partial charge in [0.15, 0.2) is 0 Å². The molecule has 2 saturated heterocycles. The van der Waals surface area contributed by atoms with Gasteiger partial charge in [-0.2, -0.15) is 0 Å². The topological polar surface area (TPSA) is 67.8 Å². The number of benzene rings is 1. The van der Waals surface area contributed by atoms with Crippen LogP contribution in [0, 0.1) is 0 Å². The number of fused-ring (bicyclic) bond motifs is 1. The fraction of sp³-hybridized carbons (Fsp3) is 0.462. The van der Waals surface area contributed by atoms with Crippen molar-refractivity contribution in [3.63, 3.8) is 0 Å². The van der Waals surface area contributed by atoms with Gasteiger partial charge in [0, 0.05) is 0 Å². The van der Waals surface area contributed by atoms with Gasteiger partial charge < -0.3 is 4.74 Å². The minimum absolute atomic E-state index is 0.252. The predicted octanol–water partition coefficient (Wildman–Crippen LogP) is 5.24. The summed E-state index contributed by atoms with van der Waals surface area (Å²) in [4.78, 5) is 25.0. The fourth-order valence-corrected chi connectivity index (χ4v) is 15.8. The molecule has 0 radical (unpaired) electrons. The second kappa shape index (κ2) is 9.35. The first-order valence-corrected chi connectivity index (χ1v) is 17.7. The van der Waals surface area contributed by atoms with E-state index in [1.165, 1.54) is 11.1 Å². The number of carbonyl (C=O) groups excluding carboxylic acids is 1. The molecule has 5 rings (SSSR count). The number of nitrogens with zero attached hydrogens (tertiary/aromatic N) is 4. The summed E-state index contributed by atoms with van der Waals surface area (Å²) >= 11 is 3.84. The number of anilines is 1. The first-order chi connectivity index (χ1) is 16.6. The maximum atomic E-state index is 12.3. The number of amides is 1. The van der Waals surface area contributed by atoms with Crippen LogP contribution in [0.3, 0.4) is 0 Å². The Morgan fingerprint density at radius 2 is 1.94 bits per heavy atom. The van der Waals surface area contributed by atoms with E-state index in [1.54, 1.807) is 17.3 Å². The summed E-state index contributed by atoms with van der Waals surface area (Å²) in [7, 11) is 0. The third-order valence-corrected chi connectivity index (χ3v) is 16.9. The molecule has 188 valence electrons. The van der Waals surface area contributed by atoms with Crippen molar-refractivity contribution in [2.45, 2.75) is 40.6 Å². The third kappa shape index (κ3) is 5.33. The Balaban J connectivity index is 1.11. The summed E-state index contributed by atoms with van der Waals surface area (Å²) in [5.74, 6) is 1.66. The molecule has 2 fully saturated rings. The zero-order valence-corrected chi connectivity index (χ0v) is 23.3. The Bertz CT molecular complexity index is 1180. The van der Waals surface area contributed by atoms with E-state index in [2.05, 4.69) is 37.6 Å². The molecule has 7 nitrogen and oxygen atoms in total. The van der Waals surface area contributed by atoms with Crippen molar-refractivity contribution in [2.75, 3.05) is 35.7 Å². The van der Waals surface area contributed by atoms with Crippen molar-refractivity contribution in [2.24, 2.45) is 0 Å². The van der Waals surface area contributed by atoms with Gasteiger partial charge in [0.25, 0.3) is 0 Å². The second-order valence-corrected chi connectivity index (χ2v) is 19.9. The van der Waals surface area contributed by atoms with Crippen molar-refractivity contribution in [3.05, 3.63) is 53.3 Å². The number of halogens is 2. The summed E-state index contributed by atoms with van der Waals surface area (Å²) in [5, 5.41) is 0.558. The van der Waals surface area contributed by atoms with Gasteiger partial charge in [-0.15, -0.1) is 0 Å². The van der Waals surface area contributed by atoms with E-state index in [0.717, 1.165) is 35.8 Å². The predicted molar refractivity (Wildman–Crippen MR) is 150 cm³/mol. The van der Waals surface area contributed by atoms with E-state index >= 15 is 0 Å². The van der Waals surface area contributed by atoms with Crippen molar-refractivity contribution in [1.29, 1.82) is 0 Å². The molecule has 9 heteroatoms.